The van der Waals surface area contributed by atoms with Crippen LogP contribution in [-0.2, 0) is 9.53 Å². The Bertz CT molecular complexity index is 401. The maximum atomic E-state index is 11.0. The van der Waals surface area contributed by atoms with Crippen molar-refractivity contribution in [1.29, 1.82) is 0 Å². The van der Waals surface area contributed by atoms with Crippen LogP contribution in [0.3, 0.4) is 0 Å². The maximum Gasteiger partial charge on any atom is 0.305 e. The second-order valence-corrected chi connectivity index (χ2v) is 4.72. The summed E-state index contributed by atoms with van der Waals surface area (Å²) in [6.07, 6.45) is 1.28. The summed E-state index contributed by atoms with van der Waals surface area (Å²) in [6.45, 7) is 7.21. The van der Waals surface area contributed by atoms with Crippen LogP contribution >= 0.6 is 0 Å². The lowest BCUT2D eigenvalue weighted by atomic mass is 10.00. The van der Waals surface area contributed by atoms with Crippen LogP contribution in [0.5, 0.6) is 0 Å². The highest BCUT2D eigenvalue weighted by Crippen LogP contribution is 2.18. The van der Waals surface area contributed by atoms with Gasteiger partial charge in [0.25, 0.3) is 0 Å². The van der Waals surface area contributed by atoms with Crippen molar-refractivity contribution in [2.75, 3.05) is 13.7 Å². The molecule has 18 heavy (non-hydrogen) atoms. The summed E-state index contributed by atoms with van der Waals surface area (Å²) in [7, 11) is 1.43. The fourth-order valence-corrected chi connectivity index (χ4v) is 1.99. The molecule has 0 spiro atoms. The molecule has 1 N–H and O–H groups in total. The monoisotopic (exact) mass is 249 g/mol. The van der Waals surface area contributed by atoms with E-state index in [1.165, 1.54) is 23.8 Å². The van der Waals surface area contributed by atoms with Crippen LogP contribution in [-0.4, -0.2) is 19.6 Å². The highest BCUT2D eigenvalue weighted by atomic mass is 16.5. The van der Waals surface area contributed by atoms with Crippen LogP contribution in [0.2, 0.25) is 0 Å². The van der Waals surface area contributed by atoms with E-state index >= 15 is 0 Å². The molecular weight excluding hydrogens is 226 g/mol. The van der Waals surface area contributed by atoms with Crippen LogP contribution in [0.15, 0.2) is 18.2 Å². The Kier molecular flexibility index (Phi) is 5.86. The van der Waals surface area contributed by atoms with Crippen molar-refractivity contribution in [2.45, 2.75) is 39.7 Å². The second-order valence-electron chi connectivity index (χ2n) is 4.72. The Labute approximate surface area is 110 Å². The molecule has 0 aliphatic carbocycles. The van der Waals surface area contributed by atoms with Gasteiger partial charge in [-0.05, 0) is 44.9 Å². The Hall–Kier alpha value is -1.35. The van der Waals surface area contributed by atoms with Gasteiger partial charge in [-0.2, -0.15) is 0 Å². The molecule has 3 nitrogen and oxygen atoms in total. The van der Waals surface area contributed by atoms with Crippen LogP contribution in [0.4, 0.5) is 0 Å². The first-order valence-electron chi connectivity index (χ1n) is 6.42. The SMILES string of the molecule is COC(=O)CCCNC(C)c1cc(C)ccc1C. The molecule has 1 aromatic rings. The molecule has 0 saturated carbocycles. The highest BCUT2D eigenvalue weighted by molar-refractivity contribution is 5.69. The minimum atomic E-state index is -0.142. The van der Waals surface area contributed by atoms with Gasteiger partial charge >= 0.3 is 5.97 Å². The molecule has 100 valence electrons. The fraction of sp³-hybridized carbons (Fsp3) is 0.533. The highest BCUT2D eigenvalue weighted by Gasteiger charge is 2.08. The molecule has 1 aromatic carbocycles. The zero-order chi connectivity index (χ0) is 13.5. The lowest BCUT2D eigenvalue weighted by Gasteiger charge is -2.17. The van der Waals surface area contributed by atoms with Gasteiger partial charge in [-0.15, -0.1) is 0 Å². The lowest BCUT2D eigenvalue weighted by Crippen LogP contribution is -2.21. The van der Waals surface area contributed by atoms with Crippen molar-refractivity contribution in [2.24, 2.45) is 0 Å². The molecule has 1 rings (SSSR count). The molecule has 0 bridgehead atoms. The van der Waals surface area contributed by atoms with E-state index in [4.69, 9.17) is 0 Å². The molecule has 0 radical (unpaired) electrons. The van der Waals surface area contributed by atoms with Crippen molar-refractivity contribution >= 4 is 5.97 Å². The molecule has 1 atom stereocenters. The van der Waals surface area contributed by atoms with Crippen molar-refractivity contribution in [3.8, 4) is 0 Å². The van der Waals surface area contributed by atoms with E-state index in [0.717, 1.165) is 13.0 Å². The number of nitrogens with one attached hydrogen (secondary N) is 1. The zero-order valence-electron chi connectivity index (χ0n) is 11.7. The second kappa shape index (κ2) is 7.17. The molecule has 0 fully saturated rings. The Morgan fingerprint density at radius 1 is 1.39 bits per heavy atom. The van der Waals surface area contributed by atoms with Crippen LogP contribution < -0.4 is 5.32 Å². The number of hydrogen-bond donors (Lipinski definition) is 1. The van der Waals surface area contributed by atoms with Gasteiger partial charge in [0, 0.05) is 12.5 Å². The normalized spacial score (nSPS) is 12.2. The van der Waals surface area contributed by atoms with Gasteiger partial charge in [0.1, 0.15) is 0 Å². The van der Waals surface area contributed by atoms with Gasteiger partial charge in [-0.25, -0.2) is 0 Å². The Morgan fingerprint density at radius 3 is 2.78 bits per heavy atom. The number of aryl methyl sites for hydroxylation is 2. The molecule has 1 unspecified atom stereocenters. The van der Waals surface area contributed by atoms with Gasteiger partial charge < -0.3 is 10.1 Å². The average Bonchev–Trinajstić information content (AvgIpc) is 2.36. The largest absolute Gasteiger partial charge is 0.469 e. The van der Waals surface area contributed by atoms with Crippen molar-refractivity contribution in [3.05, 3.63) is 34.9 Å². The van der Waals surface area contributed by atoms with Gasteiger partial charge in [-0.3, -0.25) is 4.79 Å². The van der Waals surface area contributed by atoms with E-state index in [1.54, 1.807) is 0 Å². The maximum absolute atomic E-state index is 11.0. The van der Waals surface area contributed by atoms with E-state index in [0.29, 0.717) is 12.5 Å². The molecule has 3 heteroatoms. The van der Waals surface area contributed by atoms with Crippen molar-refractivity contribution in [3.63, 3.8) is 0 Å². The van der Waals surface area contributed by atoms with Crippen LogP contribution in [0, 0.1) is 13.8 Å². The van der Waals surface area contributed by atoms with Gasteiger partial charge in [0.2, 0.25) is 0 Å². The molecule has 0 aliphatic rings. The van der Waals surface area contributed by atoms with Crippen LogP contribution in [0.25, 0.3) is 0 Å². The summed E-state index contributed by atoms with van der Waals surface area (Å²) in [6, 6.07) is 6.80. The lowest BCUT2D eigenvalue weighted by molar-refractivity contribution is -0.140. The Morgan fingerprint density at radius 2 is 2.11 bits per heavy atom. The number of hydrogen-bond acceptors (Lipinski definition) is 3. The minimum absolute atomic E-state index is 0.142. The number of carbonyl (C=O) groups is 1. The first-order valence-corrected chi connectivity index (χ1v) is 6.42. The molecule has 0 saturated heterocycles. The third-order valence-electron chi connectivity index (χ3n) is 3.14. The van der Waals surface area contributed by atoms with Crippen molar-refractivity contribution in [1.82, 2.24) is 5.32 Å². The van der Waals surface area contributed by atoms with Gasteiger partial charge in [-0.1, -0.05) is 23.8 Å². The Balaban J connectivity index is 2.43. The first-order chi connectivity index (χ1) is 8.54. The van der Waals surface area contributed by atoms with Crippen LogP contribution in [0.1, 0.15) is 42.5 Å². The van der Waals surface area contributed by atoms with Gasteiger partial charge in [0.05, 0.1) is 7.11 Å². The van der Waals surface area contributed by atoms with Gasteiger partial charge in [0.15, 0.2) is 0 Å². The smallest absolute Gasteiger partial charge is 0.305 e. The summed E-state index contributed by atoms with van der Waals surface area (Å²) in [4.78, 5) is 11.0. The topological polar surface area (TPSA) is 38.3 Å². The number of carbonyl (C=O) groups excluding carboxylic acids is 1. The summed E-state index contributed by atoms with van der Waals surface area (Å²) in [5.41, 5.74) is 3.90. The standard InChI is InChI=1S/C15H23NO2/c1-11-7-8-12(2)14(10-11)13(3)16-9-5-6-15(17)18-4/h7-8,10,13,16H,5-6,9H2,1-4H3. The van der Waals surface area contributed by atoms with E-state index in [9.17, 15) is 4.79 Å². The van der Waals surface area contributed by atoms with E-state index in [1.807, 2.05) is 0 Å². The molecule has 0 amide bonds. The third kappa shape index (κ3) is 4.49. The third-order valence-corrected chi connectivity index (χ3v) is 3.14. The zero-order valence-corrected chi connectivity index (χ0v) is 11.7. The van der Waals surface area contributed by atoms with E-state index in [2.05, 4.69) is 49.0 Å². The predicted molar refractivity (Wildman–Crippen MR) is 73.6 cm³/mol. The predicted octanol–water partition coefficient (Wildman–Crippen LogP) is 2.91. The average molecular weight is 249 g/mol. The number of ether oxygens (including phenoxy) is 1. The van der Waals surface area contributed by atoms with E-state index < -0.39 is 0 Å². The fourth-order valence-electron chi connectivity index (χ4n) is 1.99. The number of benzene rings is 1. The molecular formula is C15H23NO2. The number of esters is 1. The first kappa shape index (κ1) is 14.7. The van der Waals surface area contributed by atoms with E-state index in [-0.39, 0.29) is 5.97 Å². The summed E-state index contributed by atoms with van der Waals surface area (Å²) in [5.74, 6) is -0.142. The minimum Gasteiger partial charge on any atom is -0.469 e. The summed E-state index contributed by atoms with van der Waals surface area (Å²) < 4.78 is 4.61. The number of methoxy groups -OCH3 is 1. The molecule has 0 heterocycles. The quantitative estimate of drug-likeness (QED) is 0.622. The van der Waals surface area contributed by atoms with Crippen molar-refractivity contribution < 1.29 is 9.53 Å². The summed E-state index contributed by atoms with van der Waals surface area (Å²) in [5, 5.41) is 3.44. The summed E-state index contributed by atoms with van der Waals surface area (Å²) >= 11 is 0. The molecule has 0 aromatic heterocycles. The molecule has 0 aliphatic heterocycles. The number of rotatable bonds is 6.